The standard InChI is InChI=1S/C19H26FN3O/c20-17-11-15-5-3-8-22-19(15)16(12-17)13-21-7-1-2-9-23-10-4-6-18(23)14-24/h3,5,8,11-12,18,21,24H,1-2,4,6-7,9-10,13-14H2. The van der Waals surface area contributed by atoms with Crippen molar-refractivity contribution in [3.8, 4) is 0 Å². The molecule has 2 aromatic rings. The number of nitrogens with one attached hydrogen (secondary N) is 1. The lowest BCUT2D eigenvalue weighted by atomic mass is 10.1. The van der Waals surface area contributed by atoms with E-state index in [1.165, 1.54) is 12.5 Å². The molecule has 4 nitrogen and oxygen atoms in total. The normalized spacial score (nSPS) is 18.5. The summed E-state index contributed by atoms with van der Waals surface area (Å²) in [5.74, 6) is -0.212. The van der Waals surface area contributed by atoms with Gasteiger partial charge in [-0.25, -0.2) is 4.39 Å². The molecule has 2 N–H and O–H groups in total. The van der Waals surface area contributed by atoms with E-state index in [9.17, 15) is 9.50 Å². The minimum absolute atomic E-state index is 0.212. The predicted molar refractivity (Wildman–Crippen MR) is 94.3 cm³/mol. The van der Waals surface area contributed by atoms with Crippen molar-refractivity contribution in [2.24, 2.45) is 0 Å². The van der Waals surface area contributed by atoms with Crippen LogP contribution < -0.4 is 5.32 Å². The number of aromatic nitrogens is 1. The van der Waals surface area contributed by atoms with Gasteiger partial charge in [0.05, 0.1) is 12.1 Å². The van der Waals surface area contributed by atoms with Crippen molar-refractivity contribution in [3.63, 3.8) is 0 Å². The molecule has 0 spiro atoms. The van der Waals surface area contributed by atoms with Crippen molar-refractivity contribution < 1.29 is 9.50 Å². The Hall–Kier alpha value is -1.56. The number of rotatable bonds is 8. The Balaban J connectivity index is 1.42. The maximum atomic E-state index is 13.7. The molecule has 1 atom stereocenters. The van der Waals surface area contributed by atoms with Gasteiger partial charge in [-0.3, -0.25) is 9.88 Å². The Morgan fingerprint density at radius 3 is 3.12 bits per heavy atom. The third-order valence-electron chi connectivity index (χ3n) is 4.82. The first-order chi connectivity index (χ1) is 11.8. The van der Waals surface area contributed by atoms with Gasteiger partial charge in [0, 0.05) is 24.2 Å². The number of likely N-dealkylation sites (tertiary alicyclic amines) is 1. The molecule has 0 amide bonds. The van der Waals surface area contributed by atoms with E-state index in [1.807, 2.05) is 12.1 Å². The van der Waals surface area contributed by atoms with Gasteiger partial charge >= 0.3 is 0 Å². The predicted octanol–water partition coefficient (Wildman–Crippen LogP) is 2.70. The number of hydrogen-bond acceptors (Lipinski definition) is 4. The molecule has 0 bridgehead atoms. The largest absolute Gasteiger partial charge is 0.395 e. The number of fused-ring (bicyclic) bond motifs is 1. The molecule has 2 heterocycles. The summed E-state index contributed by atoms with van der Waals surface area (Å²) in [6.45, 7) is 3.98. The van der Waals surface area contributed by atoms with Crippen molar-refractivity contribution in [3.05, 3.63) is 41.8 Å². The van der Waals surface area contributed by atoms with E-state index in [2.05, 4.69) is 15.2 Å². The second-order valence-corrected chi connectivity index (χ2v) is 6.54. The van der Waals surface area contributed by atoms with Crippen LogP contribution in [0.5, 0.6) is 0 Å². The highest BCUT2D eigenvalue weighted by Gasteiger charge is 2.22. The van der Waals surface area contributed by atoms with Gasteiger partial charge < -0.3 is 10.4 Å². The highest BCUT2D eigenvalue weighted by molar-refractivity contribution is 5.81. The zero-order chi connectivity index (χ0) is 16.8. The second kappa shape index (κ2) is 8.51. The molecule has 1 fully saturated rings. The Labute approximate surface area is 142 Å². The van der Waals surface area contributed by atoms with Crippen LogP contribution >= 0.6 is 0 Å². The zero-order valence-electron chi connectivity index (χ0n) is 14.0. The molecule has 5 heteroatoms. The van der Waals surface area contributed by atoms with Gasteiger partial charge in [-0.2, -0.15) is 0 Å². The molecular weight excluding hydrogens is 305 g/mol. The first kappa shape index (κ1) is 17.3. The molecule has 0 radical (unpaired) electrons. The maximum absolute atomic E-state index is 13.7. The van der Waals surface area contributed by atoms with Crippen LogP contribution in [0.4, 0.5) is 4.39 Å². The third kappa shape index (κ3) is 4.29. The Bertz CT molecular complexity index is 664. The lowest BCUT2D eigenvalue weighted by molar-refractivity contribution is 0.157. The molecule has 1 aliphatic rings. The second-order valence-electron chi connectivity index (χ2n) is 6.54. The Kier molecular flexibility index (Phi) is 6.12. The van der Waals surface area contributed by atoms with Gasteiger partial charge in [0.15, 0.2) is 0 Å². The minimum Gasteiger partial charge on any atom is -0.395 e. The molecule has 130 valence electrons. The number of benzene rings is 1. The van der Waals surface area contributed by atoms with Gasteiger partial charge in [-0.15, -0.1) is 0 Å². The fraction of sp³-hybridized carbons (Fsp3) is 0.526. The monoisotopic (exact) mass is 331 g/mol. The molecule has 0 saturated carbocycles. The number of unbranched alkanes of at least 4 members (excludes halogenated alkanes) is 1. The molecule has 24 heavy (non-hydrogen) atoms. The summed E-state index contributed by atoms with van der Waals surface area (Å²) in [6.07, 6.45) is 6.26. The van der Waals surface area contributed by atoms with Crippen molar-refractivity contribution in [2.75, 3.05) is 26.2 Å². The van der Waals surface area contributed by atoms with Crippen LogP contribution in [0.1, 0.15) is 31.2 Å². The first-order valence-electron chi connectivity index (χ1n) is 8.86. The van der Waals surface area contributed by atoms with Gasteiger partial charge in [0.1, 0.15) is 5.82 Å². The Morgan fingerprint density at radius 1 is 1.33 bits per heavy atom. The Morgan fingerprint density at radius 2 is 2.25 bits per heavy atom. The van der Waals surface area contributed by atoms with Crippen LogP contribution in [-0.4, -0.2) is 47.3 Å². The van der Waals surface area contributed by atoms with Crippen LogP contribution in [0.25, 0.3) is 10.9 Å². The van der Waals surface area contributed by atoms with Crippen molar-refractivity contribution in [2.45, 2.75) is 38.3 Å². The van der Waals surface area contributed by atoms with Gasteiger partial charge in [-0.05, 0) is 69.1 Å². The smallest absolute Gasteiger partial charge is 0.124 e. The summed E-state index contributed by atoms with van der Waals surface area (Å²) in [7, 11) is 0. The number of aliphatic hydroxyl groups excluding tert-OH is 1. The van der Waals surface area contributed by atoms with Crippen LogP contribution in [0, 0.1) is 5.82 Å². The van der Waals surface area contributed by atoms with E-state index >= 15 is 0 Å². The molecule has 1 saturated heterocycles. The topological polar surface area (TPSA) is 48.4 Å². The highest BCUT2D eigenvalue weighted by atomic mass is 19.1. The molecule has 3 rings (SSSR count). The molecule has 1 aliphatic heterocycles. The summed E-state index contributed by atoms with van der Waals surface area (Å²) in [5, 5.41) is 13.6. The fourth-order valence-corrected chi connectivity index (χ4v) is 3.55. The minimum atomic E-state index is -0.212. The van der Waals surface area contributed by atoms with E-state index in [1.54, 1.807) is 12.3 Å². The van der Waals surface area contributed by atoms with E-state index in [0.717, 1.165) is 55.4 Å². The maximum Gasteiger partial charge on any atom is 0.124 e. The number of nitrogens with zero attached hydrogens (tertiary/aromatic N) is 2. The highest BCUT2D eigenvalue weighted by Crippen LogP contribution is 2.19. The van der Waals surface area contributed by atoms with Gasteiger partial charge in [0.2, 0.25) is 0 Å². The zero-order valence-corrected chi connectivity index (χ0v) is 14.0. The number of hydrogen-bond donors (Lipinski definition) is 2. The van der Waals surface area contributed by atoms with Crippen molar-refractivity contribution >= 4 is 10.9 Å². The molecule has 1 aromatic heterocycles. The average molecular weight is 331 g/mol. The number of halogens is 1. The number of pyridine rings is 1. The fourth-order valence-electron chi connectivity index (χ4n) is 3.55. The average Bonchev–Trinajstić information content (AvgIpc) is 3.05. The molecule has 1 aromatic carbocycles. The van der Waals surface area contributed by atoms with Crippen LogP contribution in [0.3, 0.4) is 0 Å². The summed E-state index contributed by atoms with van der Waals surface area (Å²) >= 11 is 0. The lowest BCUT2D eigenvalue weighted by Crippen LogP contribution is -2.33. The summed E-state index contributed by atoms with van der Waals surface area (Å²) in [6, 6.07) is 7.18. The van der Waals surface area contributed by atoms with Crippen LogP contribution in [0.15, 0.2) is 30.5 Å². The van der Waals surface area contributed by atoms with E-state index in [-0.39, 0.29) is 12.4 Å². The molecular formula is C19H26FN3O. The molecule has 0 aliphatic carbocycles. The number of aliphatic hydroxyl groups is 1. The summed E-state index contributed by atoms with van der Waals surface area (Å²) in [5.41, 5.74) is 1.78. The van der Waals surface area contributed by atoms with Crippen LogP contribution in [0.2, 0.25) is 0 Å². The molecule has 1 unspecified atom stereocenters. The summed E-state index contributed by atoms with van der Waals surface area (Å²) in [4.78, 5) is 6.76. The quantitative estimate of drug-likeness (QED) is 0.730. The van der Waals surface area contributed by atoms with E-state index in [4.69, 9.17) is 0 Å². The van der Waals surface area contributed by atoms with E-state index in [0.29, 0.717) is 12.6 Å². The van der Waals surface area contributed by atoms with Gasteiger partial charge in [0.25, 0.3) is 0 Å². The lowest BCUT2D eigenvalue weighted by Gasteiger charge is -2.22. The van der Waals surface area contributed by atoms with Crippen molar-refractivity contribution in [1.82, 2.24) is 15.2 Å². The van der Waals surface area contributed by atoms with Crippen molar-refractivity contribution in [1.29, 1.82) is 0 Å². The van der Waals surface area contributed by atoms with E-state index < -0.39 is 0 Å². The first-order valence-corrected chi connectivity index (χ1v) is 8.86. The van der Waals surface area contributed by atoms with Gasteiger partial charge in [-0.1, -0.05) is 6.07 Å². The summed E-state index contributed by atoms with van der Waals surface area (Å²) < 4.78 is 13.7. The SMILES string of the molecule is OCC1CCCN1CCCCNCc1cc(F)cc2cccnc12. The third-order valence-corrected chi connectivity index (χ3v) is 4.82. The van der Waals surface area contributed by atoms with Crippen LogP contribution in [-0.2, 0) is 6.54 Å².